The Labute approximate surface area is 116 Å². The predicted molar refractivity (Wildman–Crippen MR) is 77.3 cm³/mol. The fraction of sp³-hybridized carbons (Fsp3) is 0.571. The quantitative estimate of drug-likeness (QED) is 0.841. The zero-order valence-corrected chi connectivity index (χ0v) is 12.4. The smallest absolute Gasteiger partial charge is 0.213 e. The number of hydrogen-bond donors (Lipinski definition) is 0. The van der Waals surface area contributed by atoms with Gasteiger partial charge in [0.2, 0.25) is 10.0 Å². The Morgan fingerprint density at radius 1 is 1.21 bits per heavy atom. The van der Waals surface area contributed by atoms with Gasteiger partial charge in [-0.1, -0.05) is 30.3 Å². The average Bonchev–Trinajstić information content (AvgIpc) is 2.42. The Morgan fingerprint density at radius 3 is 2.47 bits per heavy atom. The molecular weight excluding hydrogens is 260 g/mol. The van der Waals surface area contributed by atoms with Crippen molar-refractivity contribution in [3.63, 3.8) is 0 Å². The molecule has 1 fully saturated rings. The van der Waals surface area contributed by atoms with Gasteiger partial charge in [-0.15, -0.1) is 0 Å². The molecule has 2 rings (SSSR count). The lowest BCUT2D eigenvalue weighted by atomic mass is 10.1. The van der Waals surface area contributed by atoms with Gasteiger partial charge in [-0.3, -0.25) is 4.90 Å². The Hall–Kier alpha value is -0.910. The molecule has 1 aliphatic heterocycles. The molecule has 0 bridgehead atoms. The van der Waals surface area contributed by atoms with Gasteiger partial charge in [-0.05, 0) is 19.4 Å². The summed E-state index contributed by atoms with van der Waals surface area (Å²) in [5.41, 5.74) is 1.28. The number of benzene rings is 1. The molecule has 5 heteroatoms. The molecule has 19 heavy (non-hydrogen) atoms. The molecule has 0 spiro atoms. The second-order valence-corrected chi connectivity index (χ2v) is 7.32. The summed E-state index contributed by atoms with van der Waals surface area (Å²) in [5.74, 6) is 0.193. The fourth-order valence-corrected chi connectivity index (χ4v) is 3.62. The summed E-state index contributed by atoms with van der Waals surface area (Å²) in [5, 5.41) is 0. The van der Waals surface area contributed by atoms with Gasteiger partial charge in [0.1, 0.15) is 0 Å². The lowest BCUT2D eigenvalue weighted by Gasteiger charge is -2.39. The molecule has 1 unspecified atom stereocenters. The molecule has 1 atom stereocenters. The Kier molecular flexibility index (Phi) is 4.60. The summed E-state index contributed by atoms with van der Waals surface area (Å²) in [4.78, 5) is 2.34. The molecule has 1 aromatic rings. The monoisotopic (exact) mass is 282 g/mol. The van der Waals surface area contributed by atoms with E-state index in [1.54, 1.807) is 11.2 Å². The Morgan fingerprint density at radius 2 is 1.89 bits per heavy atom. The molecule has 0 aliphatic carbocycles. The number of rotatable bonds is 4. The van der Waals surface area contributed by atoms with Crippen molar-refractivity contribution in [3.8, 4) is 0 Å². The Balaban J connectivity index is 1.98. The van der Waals surface area contributed by atoms with Gasteiger partial charge < -0.3 is 0 Å². The van der Waals surface area contributed by atoms with E-state index in [0.717, 1.165) is 13.1 Å². The van der Waals surface area contributed by atoms with Crippen LogP contribution in [0, 0.1) is 0 Å². The minimum absolute atomic E-state index is 0.193. The molecule has 0 radical (unpaired) electrons. The van der Waals surface area contributed by atoms with Crippen molar-refractivity contribution in [3.05, 3.63) is 35.9 Å². The number of piperazine rings is 1. The van der Waals surface area contributed by atoms with E-state index in [4.69, 9.17) is 0 Å². The summed E-state index contributed by atoms with van der Waals surface area (Å²) >= 11 is 0. The van der Waals surface area contributed by atoms with Gasteiger partial charge in [-0.2, -0.15) is 4.31 Å². The van der Waals surface area contributed by atoms with Crippen LogP contribution in [0.1, 0.15) is 19.4 Å². The van der Waals surface area contributed by atoms with Crippen LogP contribution in [0.25, 0.3) is 0 Å². The van der Waals surface area contributed by atoms with Crippen molar-refractivity contribution in [2.24, 2.45) is 0 Å². The second-order valence-electron chi connectivity index (χ2n) is 5.06. The van der Waals surface area contributed by atoms with Crippen molar-refractivity contribution in [1.29, 1.82) is 0 Å². The standard InChI is InChI=1S/C14H22N2O2S/c1-3-19(17,18)16-10-9-15(13(2)11-16)12-14-7-5-4-6-8-14/h4-8,13H,3,9-12H2,1-2H3. The topological polar surface area (TPSA) is 40.6 Å². The summed E-state index contributed by atoms with van der Waals surface area (Å²) < 4.78 is 25.4. The minimum Gasteiger partial charge on any atom is -0.294 e. The van der Waals surface area contributed by atoms with Crippen molar-refractivity contribution < 1.29 is 8.42 Å². The highest BCUT2D eigenvalue weighted by molar-refractivity contribution is 7.89. The van der Waals surface area contributed by atoms with E-state index >= 15 is 0 Å². The zero-order chi connectivity index (χ0) is 13.9. The van der Waals surface area contributed by atoms with E-state index in [1.165, 1.54) is 5.56 Å². The van der Waals surface area contributed by atoms with Crippen molar-refractivity contribution >= 4 is 10.0 Å². The van der Waals surface area contributed by atoms with Crippen LogP contribution in [0.2, 0.25) is 0 Å². The van der Waals surface area contributed by atoms with Crippen molar-refractivity contribution in [2.75, 3.05) is 25.4 Å². The predicted octanol–water partition coefficient (Wildman–Crippen LogP) is 1.54. The fourth-order valence-electron chi connectivity index (χ4n) is 2.45. The van der Waals surface area contributed by atoms with Crippen molar-refractivity contribution in [2.45, 2.75) is 26.4 Å². The molecule has 1 heterocycles. The molecular formula is C14H22N2O2S. The van der Waals surface area contributed by atoms with Crippen molar-refractivity contribution in [1.82, 2.24) is 9.21 Å². The number of hydrogen-bond acceptors (Lipinski definition) is 3. The van der Waals surface area contributed by atoms with Crippen LogP contribution in [0.5, 0.6) is 0 Å². The van der Waals surface area contributed by atoms with E-state index < -0.39 is 10.0 Å². The van der Waals surface area contributed by atoms with Crippen LogP contribution in [0.4, 0.5) is 0 Å². The third-order valence-electron chi connectivity index (χ3n) is 3.71. The highest BCUT2D eigenvalue weighted by Crippen LogP contribution is 2.16. The lowest BCUT2D eigenvalue weighted by molar-refractivity contribution is 0.122. The average molecular weight is 282 g/mol. The summed E-state index contributed by atoms with van der Waals surface area (Å²) in [6.07, 6.45) is 0. The molecule has 4 nitrogen and oxygen atoms in total. The Bertz CT molecular complexity index is 501. The van der Waals surface area contributed by atoms with Crippen LogP contribution in [-0.2, 0) is 16.6 Å². The third kappa shape index (κ3) is 3.55. The zero-order valence-electron chi connectivity index (χ0n) is 11.6. The van der Waals surface area contributed by atoms with E-state index in [2.05, 4.69) is 24.0 Å². The molecule has 1 saturated heterocycles. The number of nitrogens with zero attached hydrogens (tertiary/aromatic N) is 2. The van der Waals surface area contributed by atoms with Crippen LogP contribution in [0.15, 0.2) is 30.3 Å². The van der Waals surface area contributed by atoms with E-state index in [9.17, 15) is 8.42 Å². The minimum atomic E-state index is -3.04. The molecule has 0 amide bonds. The van der Waals surface area contributed by atoms with Gasteiger partial charge in [-0.25, -0.2) is 8.42 Å². The summed E-state index contributed by atoms with van der Waals surface area (Å²) in [7, 11) is -3.04. The first-order valence-electron chi connectivity index (χ1n) is 6.78. The molecule has 1 aliphatic rings. The summed E-state index contributed by atoms with van der Waals surface area (Å²) in [6, 6.07) is 10.6. The van der Waals surface area contributed by atoms with E-state index in [0.29, 0.717) is 13.1 Å². The van der Waals surface area contributed by atoms with Crippen LogP contribution < -0.4 is 0 Å². The lowest BCUT2D eigenvalue weighted by Crippen LogP contribution is -2.53. The maximum Gasteiger partial charge on any atom is 0.213 e. The van der Waals surface area contributed by atoms with Gasteiger partial charge in [0, 0.05) is 32.2 Å². The molecule has 0 aromatic heterocycles. The summed E-state index contributed by atoms with van der Waals surface area (Å²) in [6.45, 7) is 6.70. The second kappa shape index (κ2) is 6.03. The molecule has 1 aromatic carbocycles. The highest BCUT2D eigenvalue weighted by Gasteiger charge is 2.29. The normalized spacial score (nSPS) is 22.5. The maximum absolute atomic E-state index is 11.9. The van der Waals surface area contributed by atoms with Crippen LogP contribution >= 0.6 is 0 Å². The van der Waals surface area contributed by atoms with E-state index in [-0.39, 0.29) is 11.8 Å². The molecule has 0 saturated carbocycles. The first-order valence-corrected chi connectivity index (χ1v) is 8.39. The third-order valence-corrected chi connectivity index (χ3v) is 5.56. The van der Waals surface area contributed by atoms with E-state index in [1.807, 2.05) is 18.2 Å². The highest BCUT2D eigenvalue weighted by atomic mass is 32.2. The first-order chi connectivity index (χ1) is 9.03. The molecule has 0 N–H and O–H groups in total. The SMILES string of the molecule is CCS(=O)(=O)N1CCN(Cc2ccccc2)C(C)C1. The van der Waals surface area contributed by atoms with Gasteiger partial charge in [0.25, 0.3) is 0 Å². The first kappa shape index (κ1) is 14.5. The van der Waals surface area contributed by atoms with Gasteiger partial charge >= 0.3 is 0 Å². The molecule has 106 valence electrons. The van der Waals surface area contributed by atoms with Crippen LogP contribution in [0.3, 0.4) is 0 Å². The maximum atomic E-state index is 11.9. The van der Waals surface area contributed by atoms with Crippen LogP contribution in [-0.4, -0.2) is 49.1 Å². The largest absolute Gasteiger partial charge is 0.294 e. The van der Waals surface area contributed by atoms with Gasteiger partial charge in [0.05, 0.1) is 5.75 Å². The van der Waals surface area contributed by atoms with Gasteiger partial charge in [0.15, 0.2) is 0 Å². The number of sulfonamides is 1.